The number of nitrogens with one attached hydrogen (secondary N) is 1. The average Bonchev–Trinajstić information content (AvgIpc) is 3.58. The van der Waals surface area contributed by atoms with Crippen molar-refractivity contribution >= 4 is 46.6 Å². The minimum Gasteiger partial charge on any atom is -0.480 e. The Kier molecular flexibility index (Phi) is 5.60. The van der Waals surface area contributed by atoms with Crippen LogP contribution in [0.4, 0.5) is 5.69 Å². The van der Waals surface area contributed by atoms with Crippen molar-refractivity contribution in [3.63, 3.8) is 0 Å². The number of carbonyl (C=O) groups is 3. The van der Waals surface area contributed by atoms with Gasteiger partial charge < -0.3 is 15.0 Å². The number of benzene rings is 1. The van der Waals surface area contributed by atoms with Gasteiger partial charge in [0, 0.05) is 34.8 Å². The van der Waals surface area contributed by atoms with Crippen molar-refractivity contribution in [1.82, 2.24) is 9.88 Å². The van der Waals surface area contributed by atoms with Crippen LogP contribution < -0.4 is 9.77 Å². The molecule has 8 atom stereocenters. The number of nitrogens with zero attached hydrogens (tertiary/aromatic N) is 2. The first-order chi connectivity index (χ1) is 17.3. The number of imide groups is 1. The van der Waals surface area contributed by atoms with Crippen molar-refractivity contribution in [3.8, 4) is 0 Å². The summed E-state index contributed by atoms with van der Waals surface area (Å²) in [6.45, 7) is 7.50. The Hall–Kier alpha value is -2.59. The number of carbonyl (C=O) groups excluding carboxylic acids is 2. The molecule has 2 aliphatic heterocycles. The van der Waals surface area contributed by atoms with Crippen molar-refractivity contribution in [3.05, 3.63) is 44.4 Å². The third-order valence-electron chi connectivity index (χ3n) is 8.88. The van der Waals surface area contributed by atoms with Gasteiger partial charge in [-0.25, -0.2) is 4.79 Å². The van der Waals surface area contributed by atoms with E-state index in [0.717, 1.165) is 45.6 Å². The zero-order chi connectivity index (χ0) is 25.5. The first-order valence-corrected chi connectivity index (χ1v) is 14.3. The van der Waals surface area contributed by atoms with E-state index in [2.05, 4.69) is 48.0 Å². The van der Waals surface area contributed by atoms with E-state index in [-0.39, 0.29) is 45.6 Å². The van der Waals surface area contributed by atoms with E-state index in [9.17, 15) is 24.3 Å². The van der Waals surface area contributed by atoms with Gasteiger partial charge in [0.1, 0.15) is 6.04 Å². The van der Waals surface area contributed by atoms with Gasteiger partial charge in [0.05, 0.1) is 16.9 Å². The highest BCUT2D eigenvalue weighted by molar-refractivity contribution is 8.00. The first-order valence-electron chi connectivity index (χ1n) is 12.6. The lowest BCUT2D eigenvalue weighted by Crippen LogP contribution is -2.44. The summed E-state index contributed by atoms with van der Waals surface area (Å²) in [6, 6.07) is 7.38. The molecule has 3 heterocycles. The molecule has 2 bridgehead atoms. The van der Waals surface area contributed by atoms with E-state index in [1.165, 1.54) is 18.3 Å². The van der Waals surface area contributed by atoms with Crippen molar-refractivity contribution in [2.45, 2.75) is 49.4 Å². The van der Waals surface area contributed by atoms with E-state index in [1.807, 2.05) is 0 Å². The van der Waals surface area contributed by atoms with Gasteiger partial charge in [0.25, 0.3) is 0 Å². The minimum atomic E-state index is -1.17. The van der Waals surface area contributed by atoms with Crippen LogP contribution in [-0.2, 0) is 14.4 Å². The Balaban J connectivity index is 1.41. The zero-order valence-electron chi connectivity index (χ0n) is 20.3. The van der Waals surface area contributed by atoms with E-state index in [0.29, 0.717) is 0 Å². The number of carboxylic acids is 1. The van der Waals surface area contributed by atoms with Gasteiger partial charge in [-0.2, -0.15) is 0 Å². The lowest BCUT2D eigenvalue weighted by Gasteiger charge is -2.43. The molecule has 2 N–H and O–H groups in total. The fourth-order valence-corrected chi connectivity index (χ4v) is 10.3. The lowest BCUT2D eigenvalue weighted by molar-refractivity contribution is -0.154. The van der Waals surface area contributed by atoms with Gasteiger partial charge >= 0.3 is 10.8 Å². The first kappa shape index (κ1) is 23.8. The summed E-state index contributed by atoms with van der Waals surface area (Å²) >= 11 is 2.88. The Morgan fingerprint density at radius 3 is 2.36 bits per heavy atom. The molecule has 2 aromatic rings. The molecule has 36 heavy (non-hydrogen) atoms. The number of aromatic amines is 1. The fourth-order valence-electron chi connectivity index (χ4n) is 7.39. The number of thiazole rings is 1. The Morgan fingerprint density at radius 2 is 1.75 bits per heavy atom. The van der Waals surface area contributed by atoms with Crippen LogP contribution in [0.3, 0.4) is 0 Å². The summed E-state index contributed by atoms with van der Waals surface area (Å²) in [4.78, 5) is 58.1. The van der Waals surface area contributed by atoms with Crippen LogP contribution in [0.1, 0.15) is 43.6 Å². The monoisotopic (exact) mass is 527 g/mol. The predicted octanol–water partition coefficient (Wildman–Crippen LogP) is 3.23. The molecule has 0 radical (unpaired) electrons. The number of likely N-dealkylation sites (tertiary alicyclic amines) is 1. The number of fused-ring (bicyclic) bond motifs is 9. The number of H-pyrrole nitrogens is 1. The topological polar surface area (TPSA) is 111 Å². The number of thioether (sulfide) groups is 1. The molecule has 1 saturated heterocycles. The Labute approximate surface area is 217 Å². The van der Waals surface area contributed by atoms with Gasteiger partial charge in [-0.15, -0.1) is 11.8 Å². The Morgan fingerprint density at radius 1 is 1.11 bits per heavy atom. The summed E-state index contributed by atoms with van der Waals surface area (Å²) in [5.74, 6) is -2.72. The molecule has 1 aromatic heterocycles. The maximum atomic E-state index is 13.5. The summed E-state index contributed by atoms with van der Waals surface area (Å²) in [6.07, 6.45) is 0.789. The highest BCUT2D eigenvalue weighted by Crippen LogP contribution is 2.68. The van der Waals surface area contributed by atoms with Crippen molar-refractivity contribution in [2.24, 2.45) is 29.6 Å². The third-order valence-corrected chi connectivity index (χ3v) is 11.5. The normalized spacial score (nSPS) is 32.9. The van der Waals surface area contributed by atoms with E-state index in [4.69, 9.17) is 0 Å². The van der Waals surface area contributed by atoms with Crippen molar-refractivity contribution in [1.29, 1.82) is 0 Å². The quantitative estimate of drug-likeness (QED) is 0.555. The van der Waals surface area contributed by atoms with Gasteiger partial charge in [0.15, 0.2) is 0 Å². The van der Waals surface area contributed by atoms with E-state index >= 15 is 0 Å². The standard InChI is InChI=1S/C26H29N3O5S2/c1-4-28(5-2)13-8-6-12(7-9-13)16-17-14-10-15(20(17)35-22-21(16)36-26(34)27-22)19-18(14)23(30)29(24(19)31)11(3)25(32)33/h6-9,11,14-20H,4-5,10H2,1-3H3,(H,27,34)(H,32,33)/t11-,14-,15+,16-,17+,18+,19-,20-/m1/s1. The lowest BCUT2D eigenvalue weighted by atomic mass is 9.68. The van der Waals surface area contributed by atoms with Gasteiger partial charge in [-0.3, -0.25) is 19.3 Å². The number of hydrogen-bond acceptors (Lipinski definition) is 7. The maximum absolute atomic E-state index is 13.5. The SMILES string of the molecule is CCN(CC)c1ccc([C@H]2c3sc(=O)[nH]c3S[C@@H]3[C@H]4C[C@@H]([C@@H]5C(=O)N([C@H](C)C(=O)O)C(=O)[C@H]45)[C@@H]23)cc1. The maximum Gasteiger partial charge on any atom is 0.326 e. The molecule has 0 unspecified atom stereocenters. The summed E-state index contributed by atoms with van der Waals surface area (Å²) in [5, 5.41) is 10.5. The van der Waals surface area contributed by atoms with Crippen LogP contribution in [0.15, 0.2) is 34.1 Å². The second-order valence-corrected chi connectivity index (χ2v) is 12.5. The van der Waals surface area contributed by atoms with E-state index in [1.54, 1.807) is 11.8 Å². The molecule has 190 valence electrons. The van der Waals surface area contributed by atoms with Gasteiger partial charge in [-0.05, 0) is 62.6 Å². The highest BCUT2D eigenvalue weighted by Gasteiger charge is 2.70. The number of hydrogen-bond donors (Lipinski definition) is 2. The fraction of sp³-hybridized carbons (Fsp3) is 0.538. The van der Waals surface area contributed by atoms with Crippen LogP contribution in [0.25, 0.3) is 0 Å². The largest absolute Gasteiger partial charge is 0.480 e. The average molecular weight is 528 g/mol. The summed E-state index contributed by atoms with van der Waals surface area (Å²) in [5.41, 5.74) is 2.27. The number of rotatable bonds is 6. The predicted molar refractivity (Wildman–Crippen MR) is 137 cm³/mol. The second kappa shape index (κ2) is 8.48. The molecule has 1 aromatic carbocycles. The molecule has 10 heteroatoms. The number of aromatic nitrogens is 1. The minimum absolute atomic E-state index is 0.00792. The van der Waals surface area contributed by atoms with Gasteiger partial charge in [-0.1, -0.05) is 23.5 Å². The number of carboxylic acid groups (broad SMARTS) is 1. The van der Waals surface area contributed by atoms with Crippen LogP contribution >= 0.6 is 23.1 Å². The summed E-state index contributed by atoms with van der Waals surface area (Å²) in [7, 11) is 0. The Bertz CT molecular complexity index is 1300. The van der Waals surface area contributed by atoms with Gasteiger partial charge in [0.2, 0.25) is 11.8 Å². The molecule has 2 aliphatic carbocycles. The molecule has 8 nitrogen and oxygen atoms in total. The molecule has 3 fully saturated rings. The highest BCUT2D eigenvalue weighted by atomic mass is 32.2. The van der Waals surface area contributed by atoms with Crippen LogP contribution in [-0.4, -0.2) is 57.2 Å². The van der Waals surface area contributed by atoms with Crippen molar-refractivity contribution < 1.29 is 19.5 Å². The van der Waals surface area contributed by atoms with Crippen molar-refractivity contribution in [2.75, 3.05) is 18.0 Å². The molecule has 6 rings (SSSR count). The number of amides is 2. The molecule has 2 saturated carbocycles. The summed E-state index contributed by atoms with van der Waals surface area (Å²) < 4.78 is 0. The molecule has 2 amide bonds. The molecule has 4 aliphatic rings. The second-order valence-electron chi connectivity index (χ2n) is 10.3. The number of aliphatic carboxylic acids is 1. The van der Waals surface area contributed by atoms with Crippen LogP contribution in [0.2, 0.25) is 0 Å². The zero-order valence-corrected chi connectivity index (χ0v) is 22.0. The van der Waals surface area contributed by atoms with Crippen LogP contribution in [0, 0.1) is 29.6 Å². The van der Waals surface area contributed by atoms with Crippen LogP contribution in [0.5, 0.6) is 0 Å². The smallest absolute Gasteiger partial charge is 0.326 e. The molecular formula is C26H29N3O5S2. The van der Waals surface area contributed by atoms with E-state index < -0.39 is 23.8 Å². The molecular weight excluding hydrogens is 498 g/mol. The molecule has 0 spiro atoms. The third kappa shape index (κ3) is 3.19. The number of anilines is 1.